The normalized spacial score (nSPS) is 21.7. The van der Waals surface area contributed by atoms with Gasteiger partial charge >= 0.3 is 6.09 Å². The lowest BCUT2D eigenvalue weighted by Crippen LogP contribution is -2.42. The highest BCUT2D eigenvalue weighted by Gasteiger charge is 2.31. The molecule has 0 aliphatic carbocycles. The van der Waals surface area contributed by atoms with E-state index in [0.717, 1.165) is 19.5 Å². The molecule has 1 saturated heterocycles. The highest BCUT2D eigenvalue weighted by Crippen LogP contribution is 2.28. The van der Waals surface area contributed by atoms with Crippen molar-refractivity contribution in [1.29, 1.82) is 0 Å². The number of alkyl carbamates (subject to hydrolysis) is 1. The van der Waals surface area contributed by atoms with Gasteiger partial charge in [-0.15, -0.1) is 0 Å². The van der Waals surface area contributed by atoms with Crippen molar-refractivity contribution in [3.8, 4) is 0 Å². The fourth-order valence-electron chi connectivity index (χ4n) is 3.13. The van der Waals surface area contributed by atoms with Crippen LogP contribution in [0.1, 0.15) is 52.6 Å². The van der Waals surface area contributed by atoms with Crippen molar-refractivity contribution in [1.82, 2.24) is 10.2 Å². The Kier molecular flexibility index (Phi) is 5.69. The van der Waals surface area contributed by atoms with Crippen molar-refractivity contribution in [2.45, 2.75) is 58.7 Å². The molecule has 0 saturated carbocycles. The summed E-state index contributed by atoms with van der Waals surface area (Å²) in [5, 5.41) is 2.99. The maximum atomic E-state index is 11.9. The van der Waals surface area contributed by atoms with Crippen molar-refractivity contribution in [3.63, 3.8) is 0 Å². The number of carbonyl (C=O) groups is 1. The van der Waals surface area contributed by atoms with E-state index in [4.69, 9.17) is 4.74 Å². The first-order valence-electron chi connectivity index (χ1n) is 8.55. The van der Waals surface area contributed by atoms with E-state index >= 15 is 0 Å². The third-order valence-electron chi connectivity index (χ3n) is 4.54. The van der Waals surface area contributed by atoms with Crippen molar-refractivity contribution < 1.29 is 9.53 Å². The molecule has 1 heterocycles. The summed E-state index contributed by atoms with van der Waals surface area (Å²) in [6.45, 7) is 12.1. The molecule has 1 aromatic rings. The number of rotatable bonds is 4. The van der Waals surface area contributed by atoms with E-state index in [2.05, 4.69) is 54.4 Å². The van der Waals surface area contributed by atoms with Gasteiger partial charge in [0.1, 0.15) is 5.60 Å². The van der Waals surface area contributed by atoms with Crippen LogP contribution in [0.5, 0.6) is 0 Å². The molecule has 0 unspecified atom stereocenters. The lowest BCUT2D eigenvalue weighted by atomic mass is 10.0. The van der Waals surface area contributed by atoms with Crippen LogP contribution in [-0.4, -0.2) is 35.7 Å². The monoisotopic (exact) mass is 318 g/mol. The van der Waals surface area contributed by atoms with Gasteiger partial charge in [-0.1, -0.05) is 30.3 Å². The summed E-state index contributed by atoms with van der Waals surface area (Å²) < 4.78 is 5.35. The third-order valence-corrected chi connectivity index (χ3v) is 4.54. The zero-order valence-corrected chi connectivity index (χ0v) is 15.0. The number of amides is 1. The SMILES string of the molecule is C[C@H](NC(=O)OC(C)(C)C)[C@@H]1CCN([C@H](C)c2ccccc2)C1. The molecule has 0 aromatic heterocycles. The van der Waals surface area contributed by atoms with Gasteiger partial charge in [-0.05, 0) is 59.1 Å². The number of likely N-dealkylation sites (tertiary alicyclic amines) is 1. The van der Waals surface area contributed by atoms with Gasteiger partial charge in [0.25, 0.3) is 0 Å². The van der Waals surface area contributed by atoms with Gasteiger partial charge in [-0.2, -0.15) is 0 Å². The topological polar surface area (TPSA) is 41.6 Å². The lowest BCUT2D eigenvalue weighted by molar-refractivity contribution is 0.0492. The molecule has 1 N–H and O–H groups in total. The minimum absolute atomic E-state index is 0.123. The van der Waals surface area contributed by atoms with Crippen molar-refractivity contribution in [2.24, 2.45) is 5.92 Å². The first kappa shape index (κ1) is 17.8. The minimum atomic E-state index is -0.451. The number of ether oxygens (including phenoxy) is 1. The Labute approximate surface area is 140 Å². The van der Waals surface area contributed by atoms with E-state index in [1.807, 2.05) is 20.8 Å². The molecule has 128 valence electrons. The highest BCUT2D eigenvalue weighted by molar-refractivity contribution is 5.68. The van der Waals surface area contributed by atoms with Crippen LogP contribution >= 0.6 is 0 Å². The number of hydrogen-bond donors (Lipinski definition) is 1. The molecule has 2 rings (SSSR count). The van der Waals surface area contributed by atoms with Gasteiger partial charge in [-0.25, -0.2) is 4.79 Å². The molecule has 1 aliphatic heterocycles. The van der Waals surface area contributed by atoms with Gasteiger partial charge in [-0.3, -0.25) is 4.90 Å². The molecule has 4 heteroatoms. The summed E-state index contributed by atoms with van der Waals surface area (Å²) in [5.74, 6) is 0.466. The highest BCUT2D eigenvalue weighted by atomic mass is 16.6. The number of carbonyl (C=O) groups excluding carboxylic acids is 1. The summed E-state index contributed by atoms with van der Waals surface area (Å²) in [6.07, 6.45) is 0.785. The summed E-state index contributed by atoms with van der Waals surface area (Å²) in [5.41, 5.74) is 0.897. The second-order valence-corrected chi connectivity index (χ2v) is 7.57. The van der Waals surface area contributed by atoms with Gasteiger partial charge in [0.05, 0.1) is 0 Å². The summed E-state index contributed by atoms with van der Waals surface area (Å²) in [4.78, 5) is 14.4. The molecule has 0 radical (unpaired) electrons. The quantitative estimate of drug-likeness (QED) is 0.913. The Balaban J connectivity index is 1.86. The van der Waals surface area contributed by atoms with Gasteiger partial charge < -0.3 is 10.1 Å². The van der Waals surface area contributed by atoms with Gasteiger partial charge in [0.2, 0.25) is 0 Å². The predicted octanol–water partition coefficient (Wildman–Crippen LogP) is 3.98. The number of hydrogen-bond acceptors (Lipinski definition) is 3. The standard InChI is InChI=1S/C19H30N2O2/c1-14(20-18(22)23-19(3,4)5)17-11-12-21(13-17)15(2)16-9-7-6-8-10-16/h6-10,14-15,17H,11-13H2,1-5H3,(H,20,22)/t14-,15+,17+/m0/s1. The minimum Gasteiger partial charge on any atom is -0.444 e. The van der Waals surface area contributed by atoms with Crippen molar-refractivity contribution >= 4 is 6.09 Å². The fraction of sp³-hybridized carbons (Fsp3) is 0.632. The third kappa shape index (κ3) is 5.24. The predicted molar refractivity (Wildman–Crippen MR) is 93.4 cm³/mol. The van der Waals surface area contributed by atoms with Crippen LogP contribution in [0.2, 0.25) is 0 Å². The lowest BCUT2D eigenvalue weighted by Gasteiger charge is -2.27. The molecule has 1 aromatic carbocycles. The Hall–Kier alpha value is -1.55. The Bertz CT molecular complexity index is 510. The van der Waals surface area contributed by atoms with Gasteiger partial charge in [0, 0.05) is 18.6 Å². The van der Waals surface area contributed by atoms with Crippen LogP contribution < -0.4 is 5.32 Å². The molecule has 3 atom stereocenters. The van der Waals surface area contributed by atoms with Crippen LogP contribution in [0.3, 0.4) is 0 Å². The zero-order chi connectivity index (χ0) is 17.0. The average molecular weight is 318 g/mol. The smallest absolute Gasteiger partial charge is 0.407 e. The van der Waals surface area contributed by atoms with E-state index < -0.39 is 5.60 Å². The Morgan fingerprint density at radius 3 is 2.52 bits per heavy atom. The van der Waals surface area contributed by atoms with Crippen LogP contribution in [0, 0.1) is 5.92 Å². The first-order chi connectivity index (χ1) is 10.8. The molecule has 0 spiro atoms. The number of nitrogens with zero attached hydrogens (tertiary/aromatic N) is 1. The molecule has 1 amide bonds. The molecule has 23 heavy (non-hydrogen) atoms. The van der Waals surface area contributed by atoms with Crippen LogP contribution in [0.4, 0.5) is 4.79 Å². The molecular formula is C19H30N2O2. The van der Waals surface area contributed by atoms with Crippen LogP contribution in [-0.2, 0) is 4.74 Å². The molecule has 0 bridgehead atoms. The second kappa shape index (κ2) is 7.35. The number of nitrogens with one attached hydrogen (secondary N) is 1. The van der Waals surface area contributed by atoms with Crippen molar-refractivity contribution in [3.05, 3.63) is 35.9 Å². The van der Waals surface area contributed by atoms with E-state index in [9.17, 15) is 4.79 Å². The molecule has 4 nitrogen and oxygen atoms in total. The van der Waals surface area contributed by atoms with E-state index in [0.29, 0.717) is 12.0 Å². The second-order valence-electron chi connectivity index (χ2n) is 7.57. The van der Waals surface area contributed by atoms with Crippen LogP contribution in [0.15, 0.2) is 30.3 Å². The van der Waals surface area contributed by atoms with Crippen molar-refractivity contribution in [2.75, 3.05) is 13.1 Å². The Morgan fingerprint density at radius 1 is 1.26 bits per heavy atom. The van der Waals surface area contributed by atoms with E-state index in [-0.39, 0.29) is 12.1 Å². The average Bonchev–Trinajstić information content (AvgIpc) is 2.95. The largest absolute Gasteiger partial charge is 0.444 e. The summed E-state index contributed by atoms with van der Waals surface area (Å²) in [7, 11) is 0. The van der Waals surface area contributed by atoms with E-state index in [1.54, 1.807) is 0 Å². The van der Waals surface area contributed by atoms with Gasteiger partial charge in [0.15, 0.2) is 0 Å². The summed E-state index contributed by atoms with van der Waals surface area (Å²) >= 11 is 0. The maximum absolute atomic E-state index is 11.9. The Morgan fingerprint density at radius 2 is 1.91 bits per heavy atom. The number of benzene rings is 1. The molecule has 1 aliphatic rings. The van der Waals surface area contributed by atoms with Crippen LogP contribution in [0.25, 0.3) is 0 Å². The van der Waals surface area contributed by atoms with E-state index in [1.165, 1.54) is 5.56 Å². The summed E-state index contributed by atoms with van der Waals surface area (Å²) in [6, 6.07) is 11.1. The molecule has 1 fully saturated rings. The molecular weight excluding hydrogens is 288 g/mol. The first-order valence-corrected chi connectivity index (χ1v) is 8.55. The maximum Gasteiger partial charge on any atom is 0.407 e. The zero-order valence-electron chi connectivity index (χ0n) is 15.0. The fourth-order valence-corrected chi connectivity index (χ4v) is 3.13.